The summed E-state index contributed by atoms with van der Waals surface area (Å²) in [5.74, 6) is 5.89. The summed E-state index contributed by atoms with van der Waals surface area (Å²) in [5, 5.41) is 3.37. The summed E-state index contributed by atoms with van der Waals surface area (Å²) in [5.41, 5.74) is 0.828. The number of likely N-dealkylation sites (tertiary alicyclic amines) is 1. The van der Waals surface area contributed by atoms with Crippen molar-refractivity contribution in [3.63, 3.8) is 0 Å². The fourth-order valence-electron chi connectivity index (χ4n) is 2.14. The highest BCUT2D eigenvalue weighted by Gasteiger charge is 2.08. The van der Waals surface area contributed by atoms with Crippen LogP contribution >= 0.6 is 11.6 Å². The fourth-order valence-corrected chi connectivity index (χ4v) is 2.34. The Morgan fingerprint density at radius 3 is 2.81 bits per heavy atom. The van der Waals surface area contributed by atoms with Gasteiger partial charge in [-0.3, -0.25) is 9.69 Å². The van der Waals surface area contributed by atoms with Crippen molar-refractivity contribution in [2.75, 3.05) is 26.2 Å². The Morgan fingerprint density at radius 1 is 1.29 bits per heavy atom. The number of hydrogen-bond acceptors (Lipinski definition) is 2. The van der Waals surface area contributed by atoms with Crippen molar-refractivity contribution < 1.29 is 4.79 Å². The molecular formula is C17H19ClN2O. The molecule has 0 aromatic heterocycles. The number of hydrogen-bond donors (Lipinski definition) is 1. The molecule has 1 amide bonds. The molecule has 0 unspecified atom stereocenters. The smallest absolute Gasteiger partial charge is 0.244 e. The van der Waals surface area contributed by atoms with Gasteiger partial charge in [0.05, 0.1) is 13.1 Å². The van der Waals surface area contributed by atoms with Crippen LogP contribution in [0.3, 0.4) is 0 Å². The quantitative estimate of drug-likeness (QED) is 0.685. The highest BCUT2D eigenvalue weighted by Crippen LogP contribution is 2.15. The SMILES string of the molecule is O=C(C=Cc1ccccc1Cl)NCC#CCN1CCCC1. The van der Waals surface area contributed by atoms with Crippen LogP contribution in [0.4, 0.5) is 0 Å². The lowest BCUT2D eigenvalue weighted by Crippen LogP contribution is -2.22. The van der Waals surface area contributed by atoms with Gasteiger partial charge in [-0.25, -0.2) is 0 Å². The third kappa shape index (κ3) is 5.63. The molecule has 0 atom stereocenters. The average Bonchev–Trinajstić information content (AvgIpc) is 2.99. The van der Waals surface area contributed by atoms with Crippen molar-refractivity contribution in [2.24, 2.45) is 0 Å². The molecule has 1 saturated heterocycles. The van der Waals surface area contributed by atoms with Gasteiger partial charge < -0.3 is 5.32 Å². The van der Waals surface area contributed by atoms with E-state index in [1.807, 2.05) is 18.2 Å². The Labute approximate surface area is 131 Å². The summed E-state index contributed by atoms with van der Waals surface area (Å²) in [6.07, 6.45) is 5.72. The maximum absolute atomic E-state index is 11.6. The number of rotatable bonds is 4. The first-order chi connectivity index (χ1) is 10.3. The number of amides is 1. The Kier molecular flexibility index (Phi) is 6.33. The van der Waals surface area contributed by atoms with Gasteiger partial charge >= 0.3 is 0 Å². The zero-order valence-electron chi connectivity index (χ0n) is 11.9. The fraction of sp³-hybridized carbons (Fsp3) is 0.353. The lowest BCUT2D eigenvalue weighted by molar-refractivity contribution is -0.116. The normalized spacial score (nSPS) is 14.9. The van der Waals surface area contributed by atoms with E-state index in [4.69, 9.17) is 11.6 Å². The average molecular weight is 303 g/mol. The Hall–Kier alpha value is -1.76. The minimum absolute atomic E-state index is 0.162. The predicted octanol–water partition coefficient (Wildman–Crippen LogP) is 2.57. The molecule has 0 saturated carbocycles. The van der Waals surface area contributed by atoms with E-state index in [0.717, 1.165) is 25.2 Å². The van der Waals surface area contributed by atoms with Crippen LogP contribution < -0.4 is 5.32 Å². The van der Waals surface area contributed by atoms with Gasteiger partial charge in [0.25, 0.3) is 0 Å². The zero-order valence-corrected chi connectivity index (χ0v) is 12.7. The monoisotopic (exact) mass is 302 g/mol. The van der Waals surface area contributed by atoms with E-state index in [1.165, 1.54) is 18.9 Å². The number of carbonyl (C=O) groups excluding carboxylic acids is 1. The lowest BCUT2D eigenvalue weighted by Gasteiger charge is -2.08. The van der Waals surface area contributed by atoms with Crippen LogP contribution in [-0.4, -0.2) is 37.0 Å². The van der Waals surface area contributed by atoms with Gasteiger partial charge in [0.2, 0.25) is 5.91 Å². The van der Waals surface area contributed by atoms with Crippen molar-refractivity contribution in [3.05, 3.63) is 40.9 Å². The standard InChI is InChI=1S/C17H19ClN2O/c18-16-8-2-1-7-15(16)9-10-17(21)19-11-3-4-12-20-13-5-6-14-20/h1-2,7-10H,5-6,11-14H2,(H,19,21). The molecule has 1 N–H and O–H groups in total. The molecule has 1 aliphatic heterocycles. The molecule has 3 nitrogen and oxygen atoms in total. The van der Waals surface area contributed by atoms with E-state index < -0.39 is 0 Å². The molecule has 1 heterocycles. The van der Waals surface area contributed by atoms with E-state index in [1.54, 1.807) is 12.1 Å². The molecule has 1 aromatic carbocycles. The molecule has 2 rings (SSSR count). The molecule has 0 spiro atoms. The summed E-state index contributed by atoms with van der Waals surface area (Å²) in [4.78, 5) is 14.0. The third-order valence-electron chi connectivity index (χ3n) is 3.30. The molecule has 4 heteroatoms. The number of nitrogens with one attached hydrogen (secondary N) is 1. The topological polar surface area (TPSA) is 32.3 Å². The van der Waals surface area contributed by atoms with Crippen LogP contribution in [0.1, 0.15) is 18.4 Å². The molecule has 21 heavy (non-hydrogen) atoms. The zero-order chi connectivity index (χ0) is 14.9. The van der Waals surface area contributed by atoms with Crippen LogP contribution in [0.2, 0.25) is 5.02 Å². The summed E-state index contributed by atoms with van der Waals surface area (Å²) >= 11 is 6.01. The first kappa shape index (κ1) is 15.6. The molecule has 1 aliphatic rings. The summed E-state index contributed by atoms with van der Waals surface area (Å²) < 4.78 is 0. The Balaban J connectivity index is 1.70. The van der Waals surface area contributed by atoms with Gasteiger partial charge in [-0.05, 0) is 43.6 Å². The summed E-state index contributed by atoms with van der Waals surface area (Å²) in [6.45, 7) is 3.45. The van der Waals surface area contributed by atoms with Crippen molar-refractivity contribution in [3.8, 4) is 11.8 Å². The highest BCUT2D eigenvalue weighted by molar-refractivity contribution is 6.32. The van der Waals surface area contributed by atoms with E-state index >= 15 is 0 Å². The largest absolute Gasteiger partial charge is 0.342 e. The summed E-state index contributed by atoms with van der Waals surface area (Å²) in [7, 11) is 0. The Bertz CT molecular complexity index is 566. The number of benzene rings is 1. The number of halogens is 1. The van der Waals surface area contributed by atoms with E-state index in [0.29, 0.717) is 11.6 Å². The highest BCUT2D eigenvalue weighted by atomic mass is 35.5. The molecule has 1 fully saturated rings. The maximum atomic E-state index is 11.6. The van der Waals surface area contributed by atoms with Gasteiger partial charge in [-0.2, -0.15) is 0 Å². The predicted molar refractivity (Wildman–Crippen MR) is 86.9 cm³/mol. The number of carbonyl (C=O) groups is 1. The van der Waals surface area contributed by atoms with Crippen LogP contribution in [0, 0.1) is 11.8 Å². The van der Waals surface area contributed by atoms with Crippen molar-refractivity contribution in [2.45, 2.75) is 12.8 Å². The van der Waals surface area contributed by atoms with E-state index in [9.17, 15) is 4.79 Å². The second-order valence-electron chi connectivity index (χ2n) is 4.91. The van der Waals surface area contributed by atoms with Crippen molar-refractivity contribution in [1.82, 2.24) is 10.2 Å². The summed E-state index contributed by atoms with van der Waals surface area (Å²) in [6, 6.07) is 7.40. The van der Waals surface area contributed by atoms with E-state index in [-0.39, 0.29) is 5.91 Å². The van der Waals surface area contributed by atoms with Gasteiger partial charge in [-0.1, -0.05) is 41.6 Å². The molecule has 0 bridgehead atoms. The number of nitrogens with zero attached hydrogens (tertiary/aromatic N) is 1. The lowest BCUT2D eigenvalue weighted by atomic mass is 10.2. The second-order valence-corrected chi connectivity index (χ2v) is 5.32. The first-order valence-corrected chi connectivity index (χ1v) is 7.52. The molecule has 110 valence electrons. The van der Waals surface area contributed by atoms with E-state index in [2.05, 4.69) is 22.1 Å². The minimum Gasteiger partial charge on any atom is -0.342 e. The molecule has 1 aromatic rings. The van der Waals surface area contributed by atoms with Gasteiger partial charge in [0.15, 0.2) is 0 Å². The third-order valence-corrected chi connectivity index (χ3v) is 3.64. The van der Waals surface area contributed by atoms with Crippen LogP contribution in [0.5, 0.6) is 0 Å². The maximum Gasteiger partial charge on any atom is 0.244 e. The second kappa shape index (κ2) is 8.51. The molecular weight excluding hydrogens is 284 g/mol. The van der Waals surface area contributed by atoms with Crippen LogP contribution in [0.25, 0.3) is 6.08 Å². The van der Waals surface area contributed by atoms with Crippen LogP contribution in [-0.2, 0) is 4.79 Å². The first-order valence-electron chi connectivity index (χ1n) is 7.14. The van der Waals surface area contributed by atoms with Crippen molar-refractivity contribution >= 4 is 23.6 Å². The van der Waals surface area contributed by atoms with Crippen molar-refractivity contribution in [1.29, 1.82) is 0 Å². The van der Waals surface area contributed by atoms with Gasteiger partial charge in [0.1, 0.15) is 0 Å². The molecule has 0 aliphatic carbocycles. The molecule has 0 radical (unpaired) electrons. The Morgan fingerprint density at radius 2 is 2.05 bits per heavy atom. The van der Waals surface area contributed by atoms with Gasteiger partial charge in [0, 0.05) is 11.1 Å². The van der Waals surface area contributed by atoms with Crippen LogP contribution in [0.15, 0.2) is 30.3 Å². The minimum atomic E-state index is -0.162. The van der Waals surface area contributed by atoms with Gasteiger partial charge in [-0.15, -0.1) is 0 Å².